The summed E-state index contributed by atoms with van der Waals surface area (Å²) in [6.07, 6.45) is 0. The summed E-state index contributed by atoms with van der Waals surface area (Å²) in [6.45, 7) is -3.44. The third kappa shape index (κ3) is 5.49. The maximum atomic E-state index is 16.0. The van der Waals surface area contributed by atoms with Gasteiger partial charge in [-0.25, -0.2) is 8.98 Å². The zero-order chi connectivity index (χ0) is 29.8. The molecule has 6 aromatic carbocycles. The number of benzene rings is 6. The summed E-state index contributed by atoms with van der Waals surface area (Å²) in [5.74, 6) is 1.44. The van der Waals surface area contributed by atoms with E-state index in [9.17, 15) is 0 Å². The number of hydrogen-bond acceptors (Lipinski definition) is 5. The molecule has 1 aliphatic rings. The van der Waals surface area contributed by atoms with Crippen LogP contribution in [0.4, 0.5) is 11.4 Å². The van der Waals surface area contributed by atoms with E-state index in [0.29, 0.717) is 11.1 Å². The summed E-state index contributed by atoms with van der Waals surface area (Å²) in [5.41, 5.74) is 5.64. The van der Waals surface area contributed by atoms with E-state index < -0.39 is 6.84 Å². The highest BCUT2D eigenvalue weighted by molar-refractivity contribution is 8.63. The minimum atomic E-state index is -3.44. The second-order valence-corrected chi connectivity index (χ2v) is 14.7. The van der Waals surface area contributed by atoms with Crippen LogP contribution in [0.25, 0.3) is 11.4 Å². The molecule has 7 rings (SSSR count). The molecular formula is C38H29N2O2PS. The minimum Gasteiger partial charge on any atom is -0.646 e. The van der Waals surface area contributed by atoms with Crippen molar-refractivity contribution in [2.45, 2.75) is 0 Å². The van der Waals surface area contributed by atoms with Crippen molar-refractivity contribution in [3.8, 4) is 11.5 Å². The van der Waals surface area contributed by atoms with Crippen molar-refractivity contribution in [3.63, 3.8) is 0 Å². The van der Waals surface area contributed by atoms with Crippen LogP contribution in [0.15, 0.2) is 176 Å². The van der Waals surface area contributed by atoms with Crippen molar-refractivity contribution in [1.82, 2.24) is 0 Å². The summed E-state index contributed by atoms with van der Waals surface area (Å²) < 4.78 is 10.3. The van der Waals surface area contributed by atoms with Gasteiger partial charge in [-0.2, -0.15) is 0 Å². The van der Waals surface area contributed by atoms with Crippen molar-refractivity contribution in [2.24, 2.45) is 0 Å². The third-order valence-electron chi connectivity index (χ3n) is 7.32. The van der Waals surface area contributed by atoms with Crippen molar-refractivity contribution in [2.75, 3.05) is 8.98 Å². The molecule has 44 heavy (non-hydrogen) atoms. The van der Waals surface area contributed by atoms with Gasteiger partial charge in [0.25, 0.3) is 0 Å². The van der Waals surface area contributed by atoms with Gasteiger partial charge in [-0.15, -0.1) is 0 Å². The van der Waals surface area contributed by atoms with E-state index >= 15 is 4.89 Å². The fourth-order valence-corrected chi connectivity index (χ4v) is 10.4. The standard InChI is InChI=1S/C38H29N2O2PS/c41-43(36-28-26-35(27-29-36)42-34-24-14-5-15-25-34)39(32-20-10-3-11-21-32)37(30-16-6-1-7-17-30)38(31-18-8-2-9-19-31)40(44-43)33-22-12-4-13-23-33/h1-29H. The number of hydrogen-bond donors (Lipinski definition) is 0. The second kappa shape index (κ2) is 12.4. The van der Waals surface area contributed by atoms with Gasteiger partial charge in [0.05, 0.1) is 17.1 Å². The Morgan fingerprint density at radius 3 is 1.43 bits per heavy atom. The predicted octanol–water partition coefficient (Wildman–Crippen LogP) is 9.43. The van der Waals surface area contributed by atoms with E-state index in [2.05, 4.69) is 45.4 Å². The first-order valence-corrected chi connectivity index (χ1v) is 17.4. The molecule has 1 heterocycles. The number of ether oxygens (including phenoxy) is 1. The Labute approximate surface area is 262 Å². The van der Waals surface area contributed by atoms with Crippen molar-refractivity contribution in [3.05, 3.63) is 187 Å². The number of para-hydroxylation sites is 3. The van der Waals surface area contributed by atoms with Crippen LogP contribution in [0, 0.1) is 0 Å². The maximum absolute atomic E-state index is 16.0. The summed E-state index contributed by atoms with van der Waals surface area (Å²) in [5, 5.41) is 0.716. The van der Waals surface area contributed by atoms with Gasteiger partial charge in [0, 0.05) is 11.1 Å². The fraction of sp³-hybridized carbons (Fsp3) is 0. The number of rotatable bonds is 7. The van der Waals surface area contributed by atoms with Gasteiger partial charge in [0.15, 0.2) is 18.4 Å². The van der Waals surface area contributed by atoms with Gasteiger partial charge in [0.1, 0.15) is 22.5 Å². The number of nitrogens with zero attached hydrogens (tertiary/aromatic N) is 2. The van der Waals surface area contributed by atoms with Crippen LogP contribution in [0.2, 0.25) is 0 Å². The molecule has 6 aromatic rings. The summed E-state index contributed by atoms with van der Waals surface area (Å²) >= 11 is 1.37. The molecule has 0 bridgehead atoms. The van der Waals surface area contributed by atoms with E-state index in [1.165, 1.54) is 11.6 Å². The van der Waals surface area contributed by atoms with Gasteiger partial charge in [0.2, 0.25) is 0 Å². The molecule has 0 spiro atoms. The molecule has 0 N–H and O–H groups in total. The first kappa shape index (κ1) is 28.0. The molecule has 1 unspecified atom stereocenters. The molecular weight excluding hydrogens is 579 g/mol. The van der Waals surface area contributed by atoms with Crippen LogP contribution in [-0.2, 0) is 0 Å². The summed E-state index contributed by atoms with van der Waals surface area (Å²) in [7, 11) is 0. The van der Waals surface area contributed by atoms with Gasteiger partial charge in [-0.05, 0) is 60.7 Å². The van der Waals surface area contributed by atoms with E-state index in [1.807, 2.05) is 140 Å². The van der Waals surface area contributed by atoms with Crippen LogP contribution >= 0.6 is 18.4 Å². The Balaban J connectivity index is 1.47. The Bertz CT molecular complexity index is 1860. The van der Waals surface area contributed by atoms with E-state index in [-0.39, 0.29) is 0 Å². The SMILES string of the molecule is [O-][P+]1(c2ccc(Oc3ccccc3)cc2)SN(c2ccccc2)C(c2ccccc2)=C(c2ccccc2)N1c1ccccc1. The van der Waals surface area contributed by atoms with Crippen LogP contribution in [0.1, 0.15) is 11.1 Å². The molecule has 0 fully saturated rings. The van der Waals surface area contributed by atoms with Crippen LogP contribution in [0.3, 0.4) is 0 Å². The maximum Gasteiger partial charge on any atom is 0.183 e. The van der Waals surface area contributed by atoms with E-state index in [4.69, 9.17) is 4.74 Å². The monoisotopic (exact) mass is 608 g/mol. The topological polar surface area (TPSA) is 38.8 Å². The van der Waals surface area contributed by atoms with E-state index in [0.717, 1.165) is 39.6 Å². The first-order valence-electron chi connectivity index (χ1n) is 14.4. The normalized spacial score (nSPS) is 16.6. The molecule has 214 valence electrons. The molecule has 4 nitrogen and oxygen atoms in total. The zero-order valence-corrected chi connectivity index (χ0v) is 25.5. The van der Waals surface area contributed by atoms with Gasteiger partial charge < -0.3 is 9.63 Å². The van der Waals surface area contributed by atoms with Crippen LogP contribution in [-0.4, -0.2) is 0 Å². The quantitative estimate of drug-likeness (QED) is 0.133. The van der Waals surface area contributed by atoms with Gasteiger partial charge in [-0.1, -0.05) is 115 Å². The Morgan fingerprint density at radius 1 is 0.455 bits per heavy atom. The van der Waals surface area contributed by atoms with E-state index in [1.54, 1.807) is 0 Å². The van der Waals surface area contributed by atoms with Crippen molar-refractivity contribution >= 4 is 46.5 Å². The lowest BCUT2D eigenvalue weighted by Crippen LogP contribution is -2.41. The average Bonchev–Trinajstić information content (AvgIpc) is 3.10. The van der Waals surface area contributed by atoms with Gasteiger partial charge in [-0.3, -0.25) is 0 Å². The lowest BCUT2D eigenvalue weighted by Gasteiger charge is -2.48. The summed E-state index contributed by atoms with van der Waals surface area (Å²) in [6, 6.07) is 58.2. The molecule has 6 heteroatoms. The molecule has 0 radical (unpaired) electrons. The van der Waals surface area contributed by atoms with Crippen LogP contribution < -0.4 is 23.9 Å². The molecule has 0 saturated carbocycles. The fourth-order valence-electron chi connectivity index (χ4n) is 5.30. The first-order chi connectivity index (χ1) is 21.7. The molecule has 0 amide bonds. The summed E-state index contributed by atoms with van der Waals surface area (Å²) in [4.78, 5) is 16.0. The molecule has 0 aliphatic carbocycles. The Morgan fingerprint density at radius 2 is 0.886 bits per heavy atom. The second-order valence-electron chi connectivity index (χ2n) is 10.2. The number of anilines is 2. The third-order valence-corrected chi connectivity index (χ3v) is 12.3. The molecule has 1 aliphatic heterocycles. The highest BCUT2D eigenvalue weighted by atomic mass is 32.7. The molecule has 0 aromatic heterocycles. The zero-order valence-electron chi connectivity index (χ0n) is 23.8. The van der Waals surface area contributed by atoms with Crippen molar-refractivity contribution in [1.29, 1.82) is 0 Å². The average molecular weight is 609 g/mol. The Kier molecular flexibility index (Phi) is 7.91. The van der Waals surface area contributed by atoms with Crippen molar-refractivity contribution < 1.29 is 9.63 Å². The predicted molar refractivity (Wildman–Crippen MR) is 185 cm³/mol. The molecule has 1 atom stereocenters. The lowest BCUT2D eigenvalue weighted by molar-refractivity contribution is -0.159. The lowest BCUT2D eigenvalue weighted by atomic mass is 10.0. The smallest absolute Gasteiger partial charge is 0.183 e. The van der Waals surface area contributed by atoms with Crippen LogP contribution in [0.5, 0.6) is 11.5 Å². The van der Waals surface area contributed by atoms with Gasteiger partial charge >= 0.3 is 0 Å². The highest BCUT2D eigenvalue weighted by Gasteiger charge is 2.50. The minimum absolute atomic E-state index is 0.684. The largest absolute Gasteiger partial charge is 0.646 e. The Hall–Kier alpha value is -4.80. The highest BCUT2D eigenvalue weighted by Crippen LogP contribution is 2.73. The molecule has 0 saturated heterocycles.